The van der Waals surface area contributed by atoms with Crippen molar-refractivity contribution < 1.29 is 35.7 Å². The Morgan fingerprint density at radius 2 is 1.04 bits per heavy atom. The molecule has 0 saturated carbocycles. The molecular weight excluding hydrogens is 396 g/mol. The van der Waals surface area contributed by atoms with Crippen molar-refractivity contribution in [3.63, 3.8) is 0 Å². The molecular formula is C14H6BCl2F6O2. The van der Waals surface area contributed by atoms with E-state index in [0.29, 0.717) is 19.8 Å². The summed E-state index contributed by atoms with van der Waals surface area (Å²) in [7, 11) is 0.358. The second kappa shape index (κ2) is 7.25. The second-order valence-corrected chi connectivity index (χ2v) is 5.48. The van der Waals surface area contributed by atoms with E-state index in [2.05, 4.69) is 0 Å². The summed E-state index contributed by atoms with van der Waals surface area (Å²) < 4.78 is 86.7. The number of halogens is 8. The Kier molecular flexibility index (Phi) is 5.68. The van der Waals surface area contributed by atoms with Crippen molar-refractivity contribution in [1.82, 2.24) is 0 Å². The smallest absolute Gasteiger partial charge is 0.526 e. The van der Waals surface area contributed by atoms with Crippen LogP contribution in [0.3, 0.4) is 0 Å². The molecule has 2 aromatic carbocycles. The fourth-order valence-corrected chi connectivity index (χ4v) is 2.12. The number of hydrogen-bond acceptors (Lipinski definition) is 2. The molecule has 0 aromatic heterocycles. The van der Waals surface area contributed by atoms with Crippen LogP contribution < -0.4 is 9.31 Å². The van der Waals surface area contributed by atoms with Crippen LogP contribution in [0.4, 0.5) is 26.3 Å². The normalized spacial score (nSPS) is 12.0. The number of benzene rings is 2. The van der Waals surface area contributed by atoms with Crippen molar-refractivity contribution in [3.8, 4) is 11.5 Å². The van der Waals surface area contributed by atoms with Crippen molar-refractivity contribution in [2.45, 2.75) is 12.4 Å². The van der Waals surface area contributed by atoms with Crippen molar-refractivity contribution in [2.75, 3.05) is 0 Å². The molecule has 0 unspecified atom stereocenters. The first-order chi connectivity index (χ1) is 11.5. The van der Waals surface area contributed by atoms with Gasteiger partial charge in [-0.3, -0.25) is 0 Å². The highest BCUT2D eigenvalue weighted by Crippen LogP contribution is 2.39. The largest absolute Gasteiger partial charge is 0.658 e. The highest BCUT2D eigenvalue weighted by atomic mass is 35.5. The summed E-state index contributed by atoms with van der Waals surface area (Å²) >= 11 is 11.0. The highest BCUT2D eigenvalue weighted by molar-refractivity contribution is 6.31. The van der Waals surface area contributed by atoms with Crippen molar-refractivity contribution in [2.24, 2.45) is 0 Å². The van der Waals surface area contributed by atoms with Crippen LogP contribution in [0.25, 0.3) is 0 Å². The Balaban J connectivity index is 2.18. The van der Waals surface area contributed by atoms with E-state index < -0.39 is 35.0 Å². The summed E-state index contributed by atoms with van der Waals surface area (Å²) in [5.41, 5.74) is -2.40. The van der Waals surface area contributed by atoms with E-state index in [1.165, 1.54) is 0 Å². The highest BCUT2D eigenvalue weighted by Gasteiger charge is 2.36. The van der Waals surface area contributed by atoms with Gasteiger partial charge in [-0.05, 0) is 36.4 Å². The predicted molar refractivity (Wildman–Crippen MR) is 79.9 cm³/mol. The zero-order valence-corrected chi connectivity index (χ0v) is 13.4. The minimum atomic E-state index is -4.77. The fourth-order valence-electron chi connectivity index (χ4n) is 1.78. The predicted octanol–water partition coefficient (Wildman–Crippen LogP) is 6.02. The van der Waals surface area contributed by atoms with Gasteiger partial charge in [-0.1, -0.05) is 23.2 Å². The maximum Gasteiger partial charge on any atom is 0.658 e. The van der Waals surface area contributed by atoms with E-state index in [1.807, 2.05) is 0 Å². The third-order valence-electron chi connectivity index (χ3n) is 2.84. The topological polar surface area (TPSA) is 18.5 Å². The third kappa shape index (κ3) is 5.12. The summed E-state index contributed by atoms with van der Waals surface area (Å²) in [6.45, 7) is 0. The first-order valence-electron chi connectivity index (χ1n) is 6.37. The molecule has 133 valence electrons. The molecule has 2 nitrogen and oxygen atoms in total. The standard InChI is InChI=1S/C14H6BCl2F6O2/c16-7-1-3-11(9(5-7)13(18,19)20)24-15-25-12-4-2-8(17)6-10(12)14(21,22)23/h1-6H. The van der Waals surface area contributed by atoms with Crippen molar-refractivity contribution in [3.05, 3.63) is 57.6 Å². The number of hydrogen-bond donors (Lipinski definition) is 0. The average molecular weight is 402 g/mol. The fraction of sp³-hybridized carbons (Fsp3) is 0.143. The SMILES string of the molecule is FC(F)(F)c1cc(Cl)ccc1O[B]Oc1ccc(Cl)cc1C(F)(F)F. The second-order valence-electron chi connectivity index (χ2n) is 4.61. The summed E-state index contributed by atoms with van der Waals surface area (Å²) in [4.78, 5) is 0. The lowest BCUT2D eigenvalue weighted by Gasteiger charge is -2.16. The van der Waals surface area contributed by atoms with Crippen LogP contribution in [0.2, 0.25) is 10.0 Å². The lowest BCUT2D eigenvalue weighted by atomic mass is 10.1. The zero-order valence-electron chi connectivity index (χ0n) is 11.9. The monoisotopic (exact) mass is 401 g/mol. The van der Waals surface area contributed by atoms with Gasteiger partial charge in [-0.25, -0.2) is 0 Å². The van der Waals surface area contributed by atoms with Gasteiger partial charge < -0.3 is 9.31 Å². The zero-order chi connectivity index (χ0) is 18.8. The van der Waals surface area contributed by atoms with Crippen LogP contribution in [-0.4, -0.2) is 7.69 Å². The molecule has 1 radical (unpaired) electrons. The summed E-state index contributed by atoms with van der Waals surface area (Å²) in [6, 6.07) is 5.32. The van der Waals surface area contributed by atoms with Crippen molar-refractivity contribution in [1.29, 1.82) is 0 Å². The summed E-state index contributed by atoms with van der Waals surface area (Å²) in [5.74, 6) is -1.36. The first kappa shape index (κ1) is 19.6. The average Bonchev–Trinajstić information content (AvgIpc) is 2.48. The van der Waals surface area contributed by atoms with E-state index in [1.54, 1.807) is 0 Å². The molecule has 0 heterocycles. The first-order valence-corrected chi connectivity index (χ1v) is 7.12. The van der Waals surface area contributed by atoms with Crippen molar-refractivity contribution >= 4 is 30.9 Å². The van der Waals surface area contributed by atoms with Crippen LogP contribution in [0.5, 0.6) is 11.5 Å². The molecule has 2 rings (SSSR count). The molecule has 0 N–H and O–H groups in total. The molecule has 0 saturated heterocycles. The van der Waals surface area contributed by atoms with Crippen LogP contribution in [0.15, 0.2) is 36.4 Å². The van der Waals surface area contributed by atoms with E-state index in [9.17, 15) is 26.3 Å². The Bertz CT molecular complexity index is 700. The Labute approximate surface area is 148 Å². The van der Waals surface area contributed by atoms with Gasteiger partial charge >= 0.3 is 20.0 Å². The van der Waals surface area contributed by atoms with E-state index in [0.717, 1.165) is 24.3 Å². The van der Waals surface area contributed by atoms with Gasteiger partial charge in [0, 0.05) is 10.0 Å². The van der Waals surface area contributed by atoms with E-state index in [-0.39, 0.29) is 10.0 Å². The molecule has 11 heteroatoms. The molecule has 0 fully saturated rings. The van der Waals surface area contributed by atoms with E-state index >= 15 is 0 Å². The van der Waals surface area contributed by atoms with Crippen LogP contribution in [-0.2, 0) is 12.4 Å². The minimum absolute atomic E-state index is 0.183. The maximum atomic E-state index is 12.9. The maximum absolute atomic E-state index is 12.9. The molecule has 2 aromatic rings. The lowest BCUT2D eigenvalue weighted by Crippen LogP contribution is -2.17. The lowest BCUT2D eigenvalue weighted by molar-refractivity contribution is -0.138. The molecule has 0 spiro atoms. The van der Waals surface area contributed by atoms with Crippen LogP contribution >= 0.6 is 23.2 Å². The van der Waals surface area contributed by atoms with Crippen LogP contribution in [0.1, 0.15) is 11.1 Å². The summed E-state index contributed by atoms with van der Waals surface area (Å²) in [5, 5.41) is -0.365. The Morgan fingerprint density at radius 1 is 0.680 bits per heavy atom. The molecule has 0 aliphatic rings. The molecule has 0 bridgehead atoms. The minimum Gasteiger partial charge on any atom is -0.526 e. The van der Waals surface area contributed by atoms with Gasteiger partial charge in [-0.15, -0.1) is 0 Å². The summed E-state index contributed by atoms with van der Waals surface area (Å²) in [6.07, 6.45) is -9.54. The molecule has 0 aliphatic carbocycles. The molecule has 0 atom stereocenters. The third-order valence-corrected chi connectivity index (χ3v) is 3.31. The van der Waals surface area contributed by atoms with Gasteiger partial charge in [0.25, 0.3) is 0 Å². The van der Waals surface area contributed by atoms with Gasteiger partial charge in [0.1, 0.15) is 11.5 Å². The van der Waals surface area contributed by atoms with E-state index in [4.69, 9.17) is 32.5 Å². The van der Waals surface area contributed by atoms with Gasteiger partial charge in [0.05, 0.1) is 11.1 Å². The Hall–Kier alpha value is -1.74. The van der Waals surface area contributed by atoms with Gasteiger partial charge in [0.15, 0.2) is 0 Å². The molecule has 25 heavy (non-hydrogen) atoms. The number of rotatable bonds is 4. The van der Waals surface area contributed by atoms with Gasteiger partial charge in [-0.2, -0.15) is 26.3 Å². The van der Waals surface area contributed by atoms with Gasteiger partial charge in [0.2, 0.25) is 0 Å². The quantitative estimate of drug-likeness (QED) is 0.460. The Morgan fingerprint density at radius 3 is 1.36 bits per heavy atom. The molecule has 0 aliphatic heterocycles. The molecule has 0 amide bonds. The van der Waals surface area contributed by atoms with Crippen LogP contribution in [0, 0.1) is 0 Å². The number of alkyl halides is 6.